The average molecular weight is 496 g/mol. The molecule has 35 heavy (non-hydrogen) atoms. The molecule has 1 aliphatic rings. The van der Waals surface area contributed by atoms with Crippen molar-refractivity contribution in [1.82, 2.24) is 4.90 Å². The lowest BCUT2D eigenvalue weighted by atomic mass is 9.85. The average Bonchev–Trinajstić information content (AvgIpc) is 2.88. The Morgan fingerprint density at radius 2 is 1.51 bits per heavy atom. The van der Waals surface area contributed by atoms with E-state index in [2.05, 4.69) is 51.6 Å². The number of carbonyl (C=O) groups excluding carboxylic acids is 2. The van der Waals surface area contributed by atoms with Gasteiger partial charge in [0.2, 0.25) is 0 Å². The first-order chi connectivity index (χ1) is 16.7. The smallest absolute Gasteiger partial charge is 0.410 e. The molecule has 0 saturated carbocycles. The number of hydrogen-bond acceptors (Lipinski definition) is 5. The van der Waals surface area contributed by atoms with E-state index in [0.717, 1.165) is 10.4 Å². The number of hydrogen-bond donors (Lipinski definition) is 0. The Morgan fingerprint density at radius 3 is 1.94 bits per heavy atom. The molecule has 0 bridgehead atoms. The van der Waals surface area contributed by atoms with Crippen LogP contribution in [0.4, 0.5) is 4.79 Å². The van der Waals surface area contributed by atoms with Gasteiger partial charge >= 0.3 is 12.1 Å². The summed E-state index contributed by atoms with van der Waals surface area (Å²) in [4.78, 5) is 27.2. The van der Waals surface area contributed by atoms with Gasteiger partial charge in [0.25, 0.3) is 8.32 Å². The molecule has 188 valence electrons. The van der Waals surface area contributed by atoms with Crippen LogP contribution in [0.25, 0.3) is 0 Å². The molecule has 3 atom stereocenters. The topological polar surface area (TPSA) is 65.1 Å². The second-order valence-electron chi connectivity index (χ2n) is 9.95. The van der Waals surface area contributed by atoms with E-state index in [1.54, 1.807) is 6.08 Å². The Balaban J connectivity index is 2.06. The molecule has 0 radical (unpaired) electrons. The van der Waals surface area contributed by atoms with Crippen LogP contribution in [0.2, 0.25) is 5.04 Å². The van der Waals surface area contributed by atoms with E-state index in [1.807, 2.05) is 36.4 Å². The molecule has 6 nitrogen and oxygen atoms in total. The normalized spacial score (nSPS) is 20.7. The monoisotopic (exact) mass is 495 g/mol. The van der Waals surface area contributed by atoms with Crippen molar-refractivity contribution in [2.75, 3.05) is 20.8 Å². The van der Waals surface area contributed by atoms with Crippen molar-refractivity contribution in [3.8, 4) is 0 Å². The van der Waals surface area contributed by atoms with Crippen LogP contribution in [0.1, 0.15) is 33.6 Å². The summed E-state index contributed by atoms with van der Waals surface area (Å²) in [7, 11) is -0.144. The number of esters is 1. The van der Waals surface area contributed by atoms with Crippen LogP contribution in [-0.4, -0.2) is 58.2 Å². The highest BCUT2D eigenvalue weighted by molar-refractivity contribution is 6.99. The van der Waals surface area contributed by atoms with Gasteiger partial charge in [-0.25, -0.2) is 9.59 Å². The number of methoxy groups -OCH3 is 2. The molecule has 7 heteroatoms. The first-order valence-corrected chi connectivity index (χ1v) is 13.9. The largest absolute Gasteiger partial charge is 0.467 e. The number of rotatable bonds is 7. The molecule has 0 aromatic heterocycles. The van der Waals surface area contributed by atoms with Gasteiger partial charge in [-0.1, -0.05) is 87.5 Å². The fraction of sp³-hybridized carbons (Fsp3) is 0.429. The van der Waals surface area contributed by atoms with Gasteiger partial charge in [0, 0.05) is 5.92 Å². The Morgan fingerprint density at radius 1 is 0.971 bits per heavy atom. The molecular formula is C28H37NO5Si. The first-order valence-electron chi connectivity index (χ1n) is 12.0. The van der Waals surface area contributed by atoms with Gasteiger partial charge in [-0.15, -0.1) is 6.58 Å². The minimum Gasteiger partial charge on any atom is -0.467 e. The highest BCUT2D eigenvalue weighted by Gasteiger charge is 2.52. The molecule has 2 aromatic rings. The molecule has 0 spiro atoms. The predicted octanol–water partition coefficient (Wildman–Crippen LogP) is 4.14. The van der Waals surface area contributed by atoms with Crippen molar-refractivity contribution in [2.24, 2.45) is 5.92 Å². The molecule has 0 unspecified atom stereocenters. The van der Waals surface area contributed by atoms with E-state index < -0.39 is 26.4 Å². The van der Waals surface area contributed by atoms with E-state index in [0.29, 0.717) is 12.8 Å². The fourth-order valence-corrected chi connectivity index (χ4v) is 9.88. The van der Waals surface area contributed by atoms with Crippen LogP contribution < -0.4 is 10.4 Å². The maximum Gasteiger partial charge on any atom is 0.410 e. The van der Waals surface area contributed by atoms with Crippen LogP contribution in [0.3, 0.4) is 0 Å². The summed E-state index contributed by atoms with van der Waals surface area (Å²) in [6, 6.07) is 19.6. The zero-order valence-electron chi connectivity index (χ0n) is 21.4. The van der Waals surface area contributed by atoms with E-state index in [4.69, 9.17) is 13.9 Å². The predicted molar refractivity (Wildman–Crippen MR) is 140 cm³/mol. The summed E-state index contributed by atoms with van der Waals surface area (Å²) in [6.45, 7) is 10.8. The highest BCUT2D eigenvalue weighted by Crippen LogP contribution is 2.38. The molecular weight excluding hydrogens is 458 g/mol. The molecule has 1 heterocycles. The quantitative estimate of drug-likeness (QED) is 0.328. The molecule has 0 N–H and O–H groups in total. The number of carbonyl (C=O) groups is 2. The van der Waals surface area contributed by atoms with Crippen LogP contribution in [0, 0.1) is 5.92 Å². The minimum absolute atomic E-state index is 0.203. The van der Waals surface area contributed by atoms with Gasteiger partial charge < -0.3 is 13.9 Å². The third-order valence-electron chi connectivity index (χ3n) is 6.97. The summed E-state index contributed by atoms with van der Waals surface area (Å²) in [5, 5.41) is 2.12. The van der Waals surface area contributed by atoms with Crippen LogP contribution >= 0.6 is 0 Å². The van der Waals surface area contributed by atoms with E-state index >= 15 is 0 Å². The third kappa shape index (κ3) is 5.21. The van der Waals surface area contributed by atoms with Crippen molar-refractivity contribution in [3.63, 3.8) is 0 Å². The van der Waals surface area contributed by atoms with Crippen LogP contribution in [-0.2, 0) is 18.7 Å². The van der Waals surface area contributed by atoms with Crippen molar-refractivity contribution < 1.29 is 23.5 Å². The van der Waals surface area contributed by atoms with Gasteiger partial charge in [0.1, 0.15) is 6.04 Å². The zero-order valence-corrected chi connectivity index (χ0v) is 22.4. The Labute approximate surface area is 210 Å². The van der Waals surface area contributed by atoms with Crippen molar-refractivity contribution in [1.29, 1.82) is 0 Å². The number of benzene rings is 2. The third-order valence-corrected chi connectivity index (χ3v) is 12.0. The molecule has 1 aliphatic heterocycles. The number of ether oxygens (including phenoxy) is 2. The molecule has 1 saturated heterocycles. The van der Waals surface area contributed by atoms with Crippen LogP contribution in [0.15, 0.2) is 73.3 Å². The summed E-state index contributed by atoms with van der Waals surface area (Å²) < 4.78 is 17.2. The minimum atomic E-state index is -2.81. The fourth-order valence-electron chi connectivity index (χ4n) is 5.29. The highest BCUT2D eigenvalue weighted by atomic mass is 28.4. The SMILES string of the molecule is C=C[C@@H]1CC[C@@H](CO[Si](c2ccccc2)(c2ccccc2)C(C)(C)C)N(C(=O)OC)[C@H]1C(=O)OC. The van der Waals surface area contributed by atoms with Crippen molar-refractivity contribution in [3.05, 3.63) is 73.3 Å². The number of nitrogens with zero attached hydrogens (tertiary/aromatic N) is 1. The Hall–Kier alpha value is -2.90. The lowest BCUT2D eigenvalue weighted by molar-refractivity contribution is -0.151. The molecule has 1 amide bonds. The number of piperidine rings is 1. The van der Waals surface area contributed by atoms with E-state index in [9.17, 15) is 9.59 Å². The number of likely N-dealkylation sites (tertiary alicyclic amines) is 1. The van der Waals surface area contributed by atoms with Crippen LogP contribution in [0.5, 0.6) is 0 Å². The van der Waals surface area contributed by atoms with Crippen molar-refractivity contribution >= 4 is 30.8 Å². The summed E-state index contributed by atoms with van der Waals surface area (Å²) in [5.74, 6) is -0.693. The van der Waals surface area contributed by atoms with E-state index in [1.165, 1.54) is 19.1 Å². The summed E-state index contributed by atoms with van der Waals surface area (Å²) in [5.41, 5.74) is 0. The molecule has 3 rings (SSSR count). The lowest BCUT2D eigenvalue weighted by Crippen LogP contribution is -2.68. The maximum atomic E-state index is 12.9. The summed E-state index contributed by atoms with van der Waals surface area (Å²) in [6.07, 6.45) is 2.52. The van der Waals surface area contributed by atoms with E-state index in [-0.39, 0.29) is 23.6 Å². The van der Waals surface area contributed by atoms with Gasteiger partial charge in [0.15, 0.2) is 0 Å². The molecule has 1 fully saturated rings. The second-order valence-corrected chi connectivity index (χ2v) is 14.3. The Bertz CT molecular complexity index is 966. The van der Waals surface area contributed by atoms with Gasteiger partial charge in [0.05, 0.1) is 26.9 Å². The lowest BCUT2D eigenvalue weighted by Gasteiger charge is -2.47. The van der Waals surface area contributed by atoms with Gasteiger partial charge in [-0.2, -0.15) is 0 Å². The zero-order chi connectivity index (χ0) is 25.6. The molecule has 2 aromatic carbocycles. The number of amides is 1. The summed E-state index contributed by atoms with van der Waals surface area (Å²) >= 11 is 0. The van der Waals surface area contributed by atoms with Crippen molar-refractivity contribution in [2.45, 2.75) is 50.7 Å². The second kappa shape index (κ2) is 11.2. The van der Waals surface area contributed by atoms with Gasteiger partial charge in [-0.05, 0) is 28.3 Å². The Kier molecular flexibility index (Phi) is 8.56. The maximum absolute atomic E-state index is 12.9. The standard InChI is InChI=1S/C28H37NO5Si/c1-7-21-18-19-22(29(27(31)33-6)25(21)26(30)32-5)20-34-35(28(2,3)4,23-14-10-8-11-15-23)24-16-12-9-13-17-24/h7-17,21-22,25H,1,18-20H2,2-6H3/t21-,22+,25-/m1/s1. The molecule has 0 aliphatic carbocycles. The first kappa shape index (κ1) is 26.7. The van der Waals surface area contributed by atoms with Gasteiger partial charge in [-0.3, -0.25) is 4.90 Å².